The van der Waals surface area contributed by atoms with Gasteiger partial charge in [-0.05, 0) is 44.9 Å². The van der Waals surface area contributed by atoms with Crippen LogP contribution in [0.25, 0.3) is 0 Å². The molecule has 2 rings (SSSR count). The molecule has 1 aliphatic heterocycles. The largest absolute Gasteiger partial charge is 0.459 e. The van der Waals surface area contributed by atoms with Gasteiger partial charge in [-0.25, -0.2) is 0 Å². The van der Waals surface area contributed by atoms with Crippen LogP contribution in [0, 0.1) is 0 Å². The van der Waals surface area contributed by atoms with Crippen molar-refractivity contribution in [3.8, 4) is 0 Å². The first-order chi connectivity index (χ1) is 10.6. The third kappa shape index (κ3) is 4.10. The molecule has 6 heteroatoms. The van der Waals surface area contributed by atoms with E-state index in [1.54, 1.807) is 17.0 Å². The second-order valence-electron chi connectivity index (χ2n) is 5.69. The molecule has 1 aromatic heterocycles. The van der Waals surface area contributed by atoms with Crippen LogP contribution in [0.15, 0.2) is 22.8 Å². The smallest absolute Gasteiger partial charge is 0.290 e. The molecular weight excluding hydrogens is 282 g/mol. The third-order valence-electron chi connectivity index (χ3n) is 3.93. The minimum Gasteiger partial charge on any atom is -0.459 e. The summed E-state index contributed by atoms with van der Waals surface area (Å²) in [5.41, 5.74) is 0. The molecule has 122 valence electrons. The fraction of sp³-hybridized carbons (Fsp3) is 0.625. The molecule has 1 fully saturated rings. The zero-order chi connectivity index (χ0) is 15.9. The number of furan rings is 1. The molecule has 1 saturated heterocycles. The lowest BCUT2D eigenvalue weighted by Crippen LogP contribution is -2.53. The predicted molar refractivity (Wildman–Crippen MR) is 83.5 cm³/mol. The number of carbonyl (C=O) groups excluding carboxylic acids is 2. The van der Waals surface area contributed by atoms with E-state index in [1.807, 2.05) is 13.8 Å². The van der Waals surface area contributed by atoms with E-state index in [0.29, 0.717) is 25.3 Å². The SMILES string of the molecule is CCN[C@H](C)CNC(=O)C1CCCCN1C(=O)c1ccco1. The zero-order valence-corrected chi connectivity index (χ0v) is 13.3. The number of hydrogen-bond donors (Lipinski definition) is 2. The highest BCUT2D eigenvalue weighted by Gasteiger charge is 2.33. The van der Waals surface area contributed by atoms with Crippen molar-refractivity contribution in [2.24, 2.45) is 0 Å². The van der Waals surface area contributed by atoms with Crippen LogP contribution in [-0.4, -0.2) is 48.4 Å². The van der Waals surface area contributed by atoms with Crippen molar-refractivity contribution in [2.75, 3.05) is 19.6 Å². The first-order valence-corrected chi connectivity index (χ1v) is 7.99. The van der Waals surface area contributed by atoms with E-state index >= 15 is 0 Å². The van der Waals surface area contributed by atoms with Crippen LogP contribution in [0.2, 0.25) is 0 Å². The summed E-state index contributed by atoms with van der Waals surface area (Å²) >= 11 is 0. The van der Waals surface area contributed by atoms with E-state index in [0.717, 1.165) is 19.4 Å². The molecule has 22 heavy (non-hydrogen) atoms. The van der Waals surface area contributed by atoms with Crippen LogP contribution >= 0.6 is 0 Å². The van der Waals surface area contributed by atoms with Gasteiger partial charge in [-0.2, -0.15) is 0 Å². The van der Waals surface area contributed by atoms with Crippen LogP contribution in [-0.2, 0) is 4.79 Å². The molecule has 2 N–H and O–H groups in total. The van der Waals surface area contributed by atoms with Crippen LogP contribution in [0.1, 0.15) is 43.7 Å². The van der Waals surface area contributed by atoms with Gasteiger partial charge in [-0.3, -0.25) is 9.59 Å². The number of hydrogen-bond acceptors (Lipinski definition) is 4. The number of likely N-dealkylation sites (N-methyl/N-ethyl adjacent to an activating group) is 1. The number of nitrogens with one attached hydrogen (secondary N) is 2. The van der Waals surface area contributed by atoms with Gasteiger partial charge in [0.25, 0.3) is 5.91 Å². The van der Waals surface area contributed by atoms with Crippen molar-refractivity contribution in [1.82, 2.24) is 15.5 Å². The monoisotopic (exact) mass is 307 g/mol. The summed E-state index contributed by atoms with van der Waals surface area (Å²) in [5, 5.41) is 6.19. The Morgan fingerprint density at radius 2 is 2.27 bits per heavy atom. The molecule has 0 spiro atoms. The number of rotatable bonds is 6. The van der Waals surface area contributed by atoms with E-state index in [9.17, 15) is 9.59 Å². The predicted octanol–water partition coefficient (Wildman–Crippen LogP) is 1.39. The summed E-state index contributed by atoms with van der Waals surface area (Å²) in [6, 6.07) is 3.13. The number of carbonyl (C=O) groups is 2. The summed E-state index contributed by atoms with van der Waals surface area (Å²) in [7, 11) is 0. The van der Waals surface area contributed by atoms with E-state index in [2.05, 4.69) is 10.6 Å². The molecule has 1 unspecified atom stereocenters. The minimum atomic E-state index is -0.403. The Morgan fingerprint density at radius 1 is 1.45 bits per heavy atom. The normalized spacial score (nSPS) is 19.7. The van der Waals surface area contributed by atoms with Crippen molar-refractivity contribution in [2.45, 2.75) is 45.2 Å². The van der Waals surface area contributed by atoms with Gasteiger partial charge < -0.3 is 20.0 Å². The molecule has 2 heterocycles. The van der Waals surface area contributed by atoms with Crippen molar-refractivity contribution in [3.05, 3.63) is 24.2 Å². The highest BCUT2D eigenvalue weighted by Crippen LogP contribution is 2.20. The van der Waals surface area contributed by atoms with E-state index in [4.69, 9.17) is 4.42 Å². The fourth-order valence-electron chi connectivity index (χ4n) is 2.78. The lowest BCUT2D eigenvalue weighted by molar-refractivity contribution is -0.126. The Morgan fingerprint density at radius 3 is 2.95 bits per heavy atom. The van der Waals surface area contributed by atoms with E-state index in [-0.39, 0.29) is 17.9 Å². The van der Waals surface area contributed by atoms with Gasteiger partial charge in [0.2, 0.25) is 5.91 Å². The van der Waals surface area contributed by atoms with Crippen LogP contribution in [0.5, 0.6) is 0 Å². The Hall–Kier alpha value is -1.82. The molecule has 0 radical (unpaired) electrons. The van der Waals surface area contributed by atoms with Crippen molar-refractivity contribution in [1.29, 1.82) is 0 Å². The first kappa shape index (κ1) is 16.5. The average molecular weight is 307 g/mol. The lowest BCUT2D eigenvalue weighted by atomic mass is 10.0. The topological polar surface area (TPSA) is 74.6 Å². The maximum atomic E-state index is 12.5. The molecule has 1 aliphatic rings. The van der Waals surface area contributed by atoms with Gasteiger partial charge in [0.1, 0.15) is 6.04 Å². The highest BCUT2D eigenvalue weighted by atomic mass is 16.3. The molecular formula is C16H25N3O3. The van der Waals surface area contributed by atoms with E-state index in [1.165, 1.54) is 6.26 Å². The fourth-order valence-corrected chi connectivity index (χ4v) is 2.78. The van der Waals surface area contributed by atoms with Crippen molar-refractivity contribution in [3.63, 3.8) is 0 Å². The third-order valence-corrected chi connectivity index (χ3v) is 3.93. The average Bonchev–Trinajstić information content (AvgIpc) is 3.06. The molecule has 0 aliphatic carbocycles. The van der Waals surface area contributed by atoms with Crippen LogP contribution in [0.4, 0.5) is 0 Å². The molecule has 0 bridgehead atoms. The van der Waals surface area contributed by atoms with Gasteiger partial charge >= 0.3 is 0 Å². The zero-order valence-electron chi connectivity index (χ0n) is 13.3. The Bertz CT molecular complexity index is 487. The summed E-state index contributed by atoms with van der Waals surface area (Å²) < 4.78 is 5.17. The molecule has 6 nitrogen and oxygen atoms in total. The maximum Gasteiger partial charge on any atom is 0.290 e. The van der Waals surface area contributed by atoms with Gasteiger partial charge in [0, 0.05) is 19.1 Å². The second kappa shape index (κ2) is 7.98. The quantitative estimate of drug-likeness (QED) is 0.833. The van der Waals surface area contributed by atoms with Crippen molar-refractivity contribution >= 4 is 11.8 Å². The summed E-state index contributed by atoms with van der Waals surface area (Å²) in [6.07, 6.45) is 4.06. The standard InChI is InChI=1S/C16H25N3O3/c1-3-17-12(2)11-18-15(20)13-7-4-5-9-19(13)16(21)14-8-6-10-22-14/h6,8,10,12-13,17H,3-5,7,9,11H2,1-2H3,(H,18,20)/t12-,13?/m1/s1. The summed E-state index contributed by atoms with van der Waals surface area (Å²) in [6.45, 7) is 6.08. The van der Waals surface area contributed by atoms with Gasteiger partial charge in [0.15, 0.2) is 5.76 Å². The number of nitrogens with zero attached hydrogens (tertiary/aromatic N) is 1. The Balaban J connectivity index is 1.97. The van der Waals surface area contributed by atoms with Gasteiger partial charge in [-0.15, -0.1) is 0 Å². The summed E-state index contributed by atoms with van der Waals surface area (Å²) in [4.78, 5) is 26.5. The van der Waals surface area contributed by atoms with Crippen molar-refractivity contribution < 1.29 is 14.0 Å². The molecule has 2 atom stereocenters. The number of likely N-dealkylation sites (tertiary alicyclic amines) is 1. The van der Waals surface area contributed by atoms with Crippen LogP contribution < -0.4 is 10.6 Å². The number of piperidine rings is 1. The lowest BCUT2D eigenvalue weighted by Gasteiger charge is -2.34. The highest BCUT2D eigenvalue weighted by molar-refractivity contribution is 5.95. The maximum absolute atomic E-state index is 12.5. The van der Waals surface area contributed by atoms with Gasteiger partial charge in [0.05, 0.1) is 6.26 Å². The summed E-state index contributed by atoms with van der Waals surface area (Å²) in [5.74, 6) is 0.00894. The van der Waals surface area contributed by atoms with Gasteiger partial charge in [-0.1, -0.05) is 6.92 Å². The van der Waals surface area contributed by atoms with E-state index < -0.39 is 6.04 Å². The second-order valence-corrected chi connectivity index (χ2v) is 5.69. The molecule has 1 aromatic rings. The number of amides is 2. The molecule has 2 amide bonds. The Labute approximate surface area is 131 Å². The molecule has 0 aromatic carbocycles. The Kier molecular flexibility index (Phi) is 6.00. The van der Waals surface area contributed by atoms with Crippen LogP contribution in [0.3, 0.4) is 0 Å². The molecule has 0 saturated carbocycles. The first-order valence-electron chi connectivity index (χ1n) is 7.99. The minimum absolute atomic E-state index is 0.0793.